The molecule has 0 aromatic heterocycles. The van der Waals surface area contributed by atoms with Gasteiger partial charge in [-0.3, -0.25) is 4.79 Å². The molecule has 0 spiro atoms. The quantitative estimate of drug-likeness (QED) is 0.831. The highest BCUT2D eigenvalue weighted by atomic mass is 16.5. The summed E-state index contributed by atoms with van der Waals surface area (Å²) in [7, 11) is 1.80. The predicted octanol–water partition coefficient (Wildman–Crippen LogP) is 3.95. The predicted molar refractivity (Wildman–Crippen MR) is 85.7 cm³/mol. The lowest BCUT2D eigenvalue weighted by atomic mass is 10.1. The number of rotatable bonds is 5. The van der Waals surface area contributed by atoms with Crippen molar-refractivity contribution in [3.8, 4) is 5.75 Å². The molecule has 1 amide bonds. The molecule has 0 unspecified atom stereocenters. The van der Waals surface area contributed by atoms with Crippen LogP contribution in [-0.2, 0) is 11.4 Å². The van der Waals surface area contributed by atoms with Gasteiger partial charge in [-0.2, -0.15) is 0 Å². The van der Waals surface area contributed by atoms with E-state index in [1.54, 1.807) is 11.9 Å². The van der Waals surface area contributed by atoms with Crippen LogP contribution >= 0.6 is 0 Å². The van der Waals surface area contributed by atoms with Crippen molar-refractivity contribution in [2.45, 2.75) is 26.9 Å². The normalized spacial score (nSPS) is 10.2. The van der Waals surface area contributed by atoms with Crippen LogP contribution in [0.4, 0.5) is 5.69 Å². The fourth-order valence-electron chi connectivity index (χ4n) is 2.21. The van der Waals surface area contributed by atoms with E-state index in [2.05, 4.69) is 0 Å². The van der Waals surface area contributed by atoms with E-state index in [9.17, 15) is 4.79 Å². The lowest BCUT2D eigenvalue weighted by Gasteiger charge is -2.20. The molecule has 0 saturated carbocycles. The molecule has 0 radical (unpaired) electrons. The van der Waals surface area contributed by atoms with Gasteiger partial charge in [0, 0.05) is 24.7 Å². The number of para-hydroxylation sites is 2. The first-order valence-corrected chi connectivity index (χ1v) is 7.16. The Morgan fingerprint density at radius 2 is 1.76 bits per heavy atom. The third-order valence-electron chi connectivity index (χ3n) is 3.51. The second-order valence-corrected chi connectivity index (χ2v) is 4.99. The van der Waals surface area contributed by atoms with Crippen LogP contribution in [0.5, 0.6) is 5.75 Å². The van der Waals surface area contributed by atoms with Crippen molar-refractivity contribution in [2.24, 2.45) is 0 Å². The summed E-state index contributed by atoms with van der Waals surface area (Å²) in [5, 5.41) is 0. The molecule has 3 heteroatoms. The van der Waals surface area contributed by atoms with Crippen LogP contribution in [0.3, 0.4) is 0 Å². The summed E-state index contributed by atoms with van der Waals surface area (Å²) in [4.78, 5) is 13.6. The minimum atomic E-state index is 0.0957. The molecule has 0 aliphatic carbocycles. The van der Waals surface area contributed by atoms with Crippen LogP contribution in [0.2, 0.25) is 0 Å². The average molecular weight is 283 g/mol. The molecule has 0 N–H and O–H groups in total. The van der Waals surface area contributed by atoms with Gasteiger partial charge in [0.25, 0.3) is 0 Å². The highest BCUT2D eigenvalue weighted by Crippen LogP contribution is 2.23. The first-order chi connectivity index (χ1) is 10.1. The summed E-state index contributed by atoms with van der Waals surface area (Å²) < 4.78 is 5.89. The standard InChI is InChI=1S/C18H21NO2/c1-4-18(20)19(3)16-11-7-6-10-15(16)13-21-17-12-8-5-9-14(17)2/h5-12H,4,13H2,1-3H3. The number of amides is 1. The maximum atomic E-state index is 11.9. The second kappa shape index (κ2) is 6.93. The second-order valence-electron chi connectivity index (χ2n) is 4.99. The van der Waals surface area contributed by atoms with Gasteiger partial charge < -0.3 is 9.64 Å². The van der Waals surface area contributed by atoms with Crippen molar-refractivity contribution in [2.75, 3.05) is 11.9 Å². The van der Waals surface area contributed by atoms with Crippen molar-refractivity contribution in [3.05, 3.63) is 59.7 Å². The smallest absolute Gasteiger partial charge is 0.226 e. The van der Waals surface area contributed by atoms with Crippen molar-refractivity contribution < 1.29 is 9.53 Å². The van der Waals surface area contributed by atoms with Crippen LogP contribution in [0.25, 0.3) is 0 Å². The molecule has 0 aliphatic rings. The SMILES string of the molecule is CCC(=O)N(C)c1ccccc1COc1ccccc1C. The van der Waals surface area contributed by atoms with E-state index in [-0.39, 0.29) is 5.91 Å². The number of hydrogen-bond acceptors (Lipinski definition) is 2. The number of anilines is 1. The molecular weight excluding hydrogens is 262 g/mol. The Balaban J connectivity index is 2.17. The van der Waals surface area contributed by atoms with E-state index in [1.165, 1.54) is 0 Å². The van der Waals surface area contributed by atoms with Crippen LogP contribution < -0.4 is 9.64 Å². The number of ether oxygens (including phenoxy) is 1. The van der Waals surface area contributed by atoms with E-state index in [0.717, 1.165) is 22.6 Å². The van der Waals surface area contributed by atoms with E-state index < -0.39 is 0 Å². The van der Waals surface area contributed by atoms with Crippen LogP contribution in [0.15, 0.2) is 48.5 Å². The minimum absolute atomic E-state index is 0.0957. The minimum Gasteiger partial charge on any atom is -0.489 e. The largest absolute Gasteiger partial charge is 0.489 e. The average Bonchev–Trinajstić information content (AvgIpc) is 2.53. The first-order valence-electron chi connectivity index (χ1n) is 7.16. The lowest BCUT2D eigenvalue weighted by Crippen LogP contribution is -2.26. The molecule has 3 nitrogen and oxygen atoms in total. The van der Waals surface area contributed by atoms with Gasteiger partial charge in [-0.15, -0.1) is 0 Å². The molecule has 0 saturated heterocycles. The van der Waals surface area contributed by atoms with E-state index in [0.29, 0.717) is 13.0 Å². The van der Waals surface area contributed by atoms with Gasteiger partial charge in [0.15, 0.2) is 0 Å². The van der Waals surface area contributed by atoms with Crippen LogP contribution in [-0.4, -0.2) is 13.0 Å². The van der Waals surface area contributed by atoms with Gasteiger partial charge in [0.1, 0.15) is 12.4 Å². The maximum absolute atomic E-state index is 11.9. The number of hydrogen-bond donors (Lipinski definition) is 0. The summed E-state index contributed by atoms with van der Waals surface area (Å²) in [5.74, 6) is 0.968. The number of carbonyl (C=O) groups excluding carboxylic acids is 1. The molecule has 0 bridgehead atoms. The van der Waals surface area contributed by atoms with Gasteiger partial charge in [-0.05, 0) is 24.6 Å². The zero-order chi connectivity index (χ0) is 15.2. The Morgan fingerprint density at radius 1 is 1.10 bits per heavy atom. The highest BCUT2D eigenvalue weighted by molar-refractivity contribution is 5.93. The Morgan fingerprint density at radius 3 is 2.48 bits per heavy atom. The van der Waals surface area contributed by atoms with Gasteiger partial charge in [-0.25, -0.2) is 0 Å². The van der Waals surface area contributed by atoms with Crippen molar-refractivity contribution in [3.63, 3.8) is 0 Å². The summed E-state index contributed by atoms with van der Waals surface area (Å²) >= 11 is 0. The Hall–Kier alpha value is -2.29. The van der Waals surface area contributed by atoms with Crippen molar-refractivity contribution >= 4 is 11.6 Å². The zero-order valence-corrected chi connectivity index (χ0v) is 12.8. The molecular formula is C18H21NO2. The van der Waals surface area contributed by atoms with Crippen molar-refractivity contribution in [1.29, 1.82) is 0 Å². The van der Waals surface area contributed by atoms with Crippen molar-refractivity contribution in [1.82, 2.24) is 0 Å². The molecule has 2 aromatic carbocycles. The summed E-state index contributed by atoms with van der Waals surface area (Å²) in [5.41, 5.74) is 3.01. The van der Waals surface area contributed by atoms with Gasteiger partial charge in [-0.1, -0.05) is 43.3 Å². The summed E-state index contributed by atoms with van der Waals surface area (Å²) in [6, 6.07) is 15.8. The third-order valence-corrected chi connectivity index (χ3v) is 3.51. The molecule has 2 aromatic rings. The first kappa shape index (κ1) is 15.1. The number of carbonyl (C=O) groups is 1. The topological polar surface area (TPSA) is 29.5 Å². The number of aryl methyl sites for hydroxylation is 1. The molecule has 2 rings (SSSR count). The van der Waals surface area contributed by atoms with Crippen LogP contribution in [0, 0.1) is 6.92 Å². The van der Waals surface area contributed by atoms with E-state index in [1.807, 2.05) is 62.4 Å². The molecule has 0 heterocycles. The Labute approximate surface area is 126 Å². The lowest BCUT2D eigenvalue weighted by molar-refractivity contribution is -0.118. The van der Waals surface area contributed by atoms with Crippen LogP contribution in [0.1, 0.15) is 24.5 Å². The highest BCUT2D eigenvalue weighted by Gasteiger charge is 2.12. The van der Waals surface area contributed by atoms with E-state index >= 15 is 0 Å². The molecule has 110 valence electrons. The maximum Gasteiger partial charge on any atom is 0.226 e. The Kier molecular flexibility index (Phi) is 4.99. The molecule has 0 atom stereocenters. The molecule has 0 aliphatic heterocycles. The van der Waals surface area contributed by atoms with Gasteiger partial charge >= 0.3 is 0 Å². The summed E-state index contributed by atoms with van der Waals surface area (Å²) in [6.45, 7) is 4.33. The van der Waals surface area contributed by atoms with Gasteiger partial charge in [0.05, 0.1) is 0 Å². The number of nitrogens with zero attached hydrogens (tertiary/aromatic N) is 1. The van der Waals surface area contributed by atoms with E-state index in [4.69, 9.17) is 4.74 Å². The molecule has 21 heavy (non-hydrogen) atoms. The molecule has 0 fully saturated rings. The zero-order valence-electron chi connectivity index (χ0n) is 12.8. The Bertz CT molecular complexity index is 622. The number of benzene rings is 2. The summed E-state index contributed by atoms with van der Waals surface area (Å²) in [6.07, 6.45) is 0.490. The fraction of sp³-hybridized carbons (Fsp3) is 0.278. The fourth-order valence-corrected chi connectivity index (χ4v) is 2.21. The monoisotopic (exact) mass is 283 g/mol. The van der Waals surface area contributed by atoms with Gasteiger partial charge in [0.2, 0.25) is 5.91 Å². The third kappa shape index (κ3) is 3.63.